The Kier molecular flexibility index (Phi) is 6.06. The number of nitrogens with zero attached hydrogens (tertiary/aromatic N) is 3. The summed E-state index contributed by atoms with van der Waals surface area (Å²) >= 11 is 0. The van der Waals surface area contributed by atoms with Gasteiger partial charge in [-0.05, 0) is 65.6 Å². The lowest BCUT2D eigenvalue weighted by molar-refractivity contribution is 0.621. The zero-order chi connectivity index (χ0) is 26.6. The van der Waals surface area contributed by atoms with Gasteiger partial charge in [-0.25, -0.2) is 9.97 Å². The fourth-order valence-corrected chi connectivity index (χ4v) is 5.63. The Morgan fingerprint density at radius 3 is 2.13 bits per heavy atom. The number of benzene rings is 3. The molecule has 0 atom stereocenters. The molecule has 3 aromatic carbocycles. The molecule has 0 aliphatic carbocycles. The summed E-state index contributed by atoms with van der Waals surface area (Å²) in [6.07, 6.45) is 0.930. The number of aromatic nitrogens is 3. The van der Waals surface area contributed by atoms with Crippen LogP contribution in [-0.2, 0) is 6.42 Å². The highest BCUT2D eigenvalue weighted by Gasteiger charge is 2.24. The van der Waals surface area contributed by atoms with Gasteiger partial charge in [0.25, 0.3) is 0 Å². The summed E-state index contributed by atoms with van der Waals surface area (Å²) in [4.78, 5) is 10.1. The average Bonchev–Trinajstić information content (AvgIpc) is 3.45. The normalized spacial score (nSPS) is 12.2. The molecule has 3 heterocycles. The number of hydrogen-bond donors (Lipinski definition) is 0. The molecule has 0 fully saturated rings. The smallest absolute Gasteiger partial charge is 0.227 e. The van der Waals surface area contributed by atoms with E-state index < -0.39 is 0 Å². The van der Waals surface area contributed by atoms with Crippen LogP contribution in [0.1, 0.15) is 70.2 Å². The van der Waals surface area contributed by atoms with Crippen LogP contribution < -0.4 is 0 Å². The molecule has 0 saturated carbocycles. The monoisotopic (exact) mass is 501 g/mol. The second kappa shape index (κ2) is 9.43. The summed E-state index contributed by atoms with van der Waals surface area (Å²) < 4.78 is 8.90. The maximum absolute atomic E-state index is 6.54. The lowest BCUT2D eigenvalue weighted by atomic mass is 9.92. The van der Waals surface area contributed by atoms with Gasteiger partial charge in [0.1, 0.15) is 11.4 Å². The molecule has 0 amide bonds. The molecule has 4 nitrogen and oxygen atoms in total. The van der Waals surface area contributed by atoms with Crippen molar-refractivity contribution in [3.63, 3.8) is 0 Å². The maximum Gasteiger partial charge on any atom is 0.227 e. The van der Waals surface area contributed by atoms with Gasteiger partial charge in [-0.15, -0.1) is 0 Å². The van der Waals surface area contributed by atoms with E-state index in [2.05, 4.69) is 119 Å². The van der Waals surface area contributed by atoms with E-state index in [1.54, 1.807) is 0 Å². The molecule has 0 unspecified atom stereocenters. The second-order valence-electron chi connectivity index (χ2n) is 11.4. The summed E-state index contributed by atoms with van der Waals surface area (Å²) in [7, 11) is 0. The number of furan rings is 1. The van der Waals surface area contributed by atoms with E-state index in [0.717, 1.165) is 50.9 Å². The number of pyridine rings is 1. The van der Waals surface area contributed by atoms with E-state index in [1.165, 1.54) is 16.8 Å². The molecule has 0 spiro atoms. The first-order valence-corrected chi connectivity index (χ1v) is 13.8. The van der Waals surface area contributed by atoms with E-state index in [4.69, 9.17) is 14.4 Å². The summed E-state index contributed by atoms with van der Waals surface area (Å²) in [5.41, 5.74) is 9.51. The highest BCUT2D eigenvalue weighted by molar-refractivity contribution is 6.08. The summed E-state index contributed by atoms with van der Waals surface area (Å²) in [6, 6.07) is 25.8. The van der Waals surface area contributed by atoms with Crippen LogP contribution in [0.5, 0.6) is 0 Å². The molecule has 0 aliphatic heterocycles. The molecule has 0 aliphatic rings. The molecule has 3 aromatic heterocycles. The van der Waals surface area contributed by atoms with Crippen molar-refractivity contribution >= 4 is 33.1 Å². The van der Waals surface area contributed by atoms with Gasteiger partial charge in [0, 0.05) is 16.5 Å². The molecular formula is C34H35N3O. The van der Waals surface area contributed by atoms with Gasteiger partial charge in [-0.3, -0.25) is 4.57 Å². The molecule has 0 radical (unpaired) electrons. The topological polar surface area (TPSA) is 43.9 Å². The van der Waals surface area contributed by atoms with Crippen LogP contribution >= 0.6 is 0 Å². The second-order valence-corrected chi connectivity index (χ2v) is 11.4. The fraction of sp³-hybridized carbons (Fsp3) is 0.294. The summed E-state index contributed by atoms with van der Waals surface area (Å²) in [5.74, 6) is 2.16. The SMILES string of the molecule is CC(C)Cc1ccc2c(n1)oc1c(-c3nc4ccccc4n3-c3c(C(C)C)cccc3C(C)C)cccc12. The number of para-hydroxylation sites is 4. The molecule has 0 bridgehead atoms. The largest absolute Gasteiger partial charge is 0.437 e. The lowest BCUT2D eigenvalue weighted by Crippen LogP contribution is -2.08. The van der Waals surface area contributed by atoms with Crippen molar-refractivity contribution in [3.05, 3.63) is 89.6 Å². The molecule has 192 valence electrons. The molecule has 6 aromatic rings. The third kappa shape index (κ3) is 3.99. The Labute approximate surface area is 224 Å². The quantitative estimate of drug-likeness (QED) is 0.228. The minimum atomic E-state index is 0.364. The van der Waals surface area contributed by atoms with Crippen LogP contribution in [0, 0.1) is 5.92 Å². The molecule has 0 saturated heterocycles. The Morgan fingerprint density at radius 1 is 0.711 bits per heavy atom. The van der Waals surface area contributed by atoms with Gasteiger partial charge in [0.2, 0.25) is 5.71 Å². The molecular weight excluding hydrogens is 466 g/mol. The Hall–Kier alpha value is -3.92. The maximum atomic E-state index is 6.54. The van der Waals surface area contributed by atoms with Crippen molar-refractivity contribution in [1.82, 2.24) is 14.5 Å². The zero-order valence-electron chi connectivity index (χ0n) is 23.1. The fourth-order valence-electron chi connectivity index (χ4n) is 5.63. The number of fused-ring (bicyclic) bond motifs is 4. The van der Waals surface area contributed by atoms with Crippen molar-refractivity contribution in [2.75, 3.05) is 0 Å². The van der Waals surface area contributed by atoms with E-state index >= 15 is 0 Å². The minimum Gasteiger partial charge on any atom is -0.437 e. The summed E-state index contributed by atoms with van der Waals surface area (Å²) in [5, 5.41) is 2.11. The van der Waals surface area contributed by atoms with E-state index in [0.29, 0.717) is 23.5 Å². The van der Waals surface area contributed by atoms with Crippen molar-refractivity contribution in [2.24, 2.45) is 5.92 Å². The minimum absolute atomic E-state index is 0.364. The van der Waals surface area contributed by atoms with Crippen molar-refractivity contribution in [1.29, 1.82) is 0 Å². The van der Waals surface area contributed by atoms with Gasteiger partial charge in [0.15, 0.2) is 0 Å². The average molecular weight is 502 g/mol. The third-order valence-corrected chi connectivity index (χ3v) is 7.41. The Morgan fingerprint density at radius 2 is 1.42 bits per heavy atom. The molecule has 4 heteroatoms. The van der Waals surface area contributed by atoms with Gasteiger partial charge in [-0.2, -0.15) is 0 Å². The standard InChI is InChI=1S/C34H35N3O/c1-20(2)19-23-17-18-27-26-13-10-14-28(32(26)38-34(27)35-23)33-36-29-15-7-8-16-30(29)37(33)31-24(21(3)4)11-9-12-25(31)22(5)6/h7-18,20-22H,19H2,1-6H3. The number of imidazole rings is 1. The van der Waals surface area contributed by atoms with Gasteiger partial charge in [-0.1, -0.05) is 84.0 Å². The lowest BCUT2D eigenvalue weighted by Gasteiger charge is -2.22. The van der Waals surface area contributed by atoms with Crippen LogP contribution in [0.25, 0.3) is 50.2 Å². The highest BCUT2D eigenvalue weighted by atomic mass is 16.3. The van der Waals surface area contributed by atoms with Crippen molar-refractivity contribution in [3.8, 4) is 17.1 Å². The van der Waals surface area contributed by atoms with E-state index in [-0.39, 0.29) is 0 Å². The van der Waals surface area contributed by atoms with Gasteiger partial charge < -0.3 is 4.42 Å². The summed E-state index contributed by atoms with van der Waals surface area (Å²) in [6.45, 7) is 13.5. The van der Waals surface area contributed by atoms with Crippen LogP contribution in [0.3, 0.4) is 0 Å². The van der Waals surface area contributed by atoms with Gasteiger partial charge in [0.05, 0.1) is 22.3 Å². The van der Waals surface area contributed by atoms with Crippen LogP contribution in [0.15, 0.2) is 77.2 Å². The van der Waals surface area contributed by atoms with Crippen LogP contribution in [0.2, 0.25) is 0 Å². The third-order valence-electron chi connectivity index (χ3n) is 7.41. The predicted molar refractivity (Wildman–Crippen MR) is 158 cm³/mol. The highest BCUT2D eigenvalue weighted by Crippen LogP contribution is 2.40. The Bertz CT molecular complexity index is 1760. The van der Waals surface area contributed by atoms with E-state index in [9.17, 15) is 0 Å². The molecule has 6 rings (SSSR count). The number of hydrogen-bond acceptors (Lipinski definition) is 3. The van der Waals surface area contributed by atoms with Crippen LogP contribution in [0.4, 0.5) is 0 Å². The molecule has 0 N–H and O–H groups in total. The van der Waals surface area contributed by atoms with Crippen molar-refractivity contribution < 1.29 is 4.42 Å². The first-order chi connectivity index (χ1) is 18.3. The van der Waals surface area contributed by atoms with E-state index in [1.807, 2.05) is 0 Å². The number of rotatable bonds is 6. The first kappa shape index (κ1) is 24.4. The van der Waals surface area contributed by atoms with Crippen molar-refractivity contribution in [2.45, 2.75) is 59.8 Å². The first-order valence-electron chi connectivity index (χ1n) is 13.8. The van der Waals surface area contributed by atoms with Gasteiger partial charge >= 0.3 is 0 Å². The zero-order valence-corrected chi connectivity index (χ0v) is 23.1. The molecule has 38 heavy (non-hydrogen) atoms. The van der Waals surface area contributed by atoms with Crippen LogP contribution in [-0.4, -0.2) is 14.5 Å². The predicted octanol–water partition coefficient (Wildman–Crippen LogP) is 9.43. The Balaban J connectivity index is 1.69.